The van der Waals surface area contributed by atoms with Gasteiger partial charge in [-0.2, -0.15) is 0 Å². The van der Waals surface area contributed by atoms with Gasteiger partial charge in [0.1, 0.15) is 5.75 Å². The molecule has 1 aromatic heterocycles. The van der Waals surface area contributed by atoms with E-state index in [2.05, 4.69) is 10.3 Å². The van der Waals surface area contributed by atoms with Crippen LogP contribution in [0.5, 0.6) is 5.75 Å². The number of hydrogen-bond donors (Lipinski definition) is 1. The molecule has 1 N–H and O–H groups in total. The van der Waals surface area contributed by atoms with Crippen LogP contribution in [-0.4, -0.2) is 34.9 Å². The molecular weight excluding hydrogens is 470 g/mol. The summed E-state index contributed by atoms with van der Waals surface area (Å²) in [5.74, 6) is 0.801. The lowest BCUT2D eigenvalue weighted by Crippen LogP contribution is -2.28. The molecule has 0 spiro atoms. The lowest BCUT2D eigenvalue weighted by Gasteiger charge is -2.14. The Morgan fingerprint density at radius 3 is 2.65 bits per heavy atom. The summed E-state index contributed by atoms with van der Waals surface area (Å²) in [7, 11) is 1.63. The number of carbonyl (C=O) groups excluding carboxylic acids is 1. The molecular formula is C26H24ClN3O3S. The summed E-state index contributed by atoms with van der Waals surface area (Å²) < 4.78 is 6.72. The predicted octanol–water partition coefficient (Wildman–Crippen LogP) is 4.81. The molecule has 6 nitrogen and oxygen atoms in total. The fourth-order valence-electron chi connectivity index (χ4n) is 3.55. The van der Waals surface area contributed by atoms with Crippen LogP contribution in [0.4, 0.5) is 0 Å². The SMILES string of the molecule is COc1ccc(CCNC(=O)CSc2nc3cc(Cl)ccc3c(=O)n2-c2cccc(C)c2)cc1. The topological polar surface area (TPSA) is 73.2 Å². The third-order valence-electron chi connectivity index (χ3n) is 5.29. The summed E-state index contributed by atoms with van der Waals surface area (Å²) in [6.07, 6.45) is 0.709. The van der Waals surface area contributed by atoms with Crippen molar-refractivity contribution >= 4 is 40.2 Å². The quantitative estimate of drug-likeness (QED) is 0.282. The molecule has 0 unspecified atom stereocenters. The molecule has 0 bridgehead atoms. The Bertz CT molecular complexity index is 1390. The largest absolute Gasteiger partial charge is 0.497 e. The number of aromatic nitrogens is 2. The Morgan fingerprint density at radius 2 is 1.91 bits per heavy atom. The van der Waals surface area contributed by atoms with Crippen molar-refractivity contribution in [2.75, 3.05) is 19.4 Å². The number of hydrogen-bond acceptors (Lipinski definition) is 5. The second-order valence-corrected chi connectivity index (χ2v) is 9.15. The van der Waals surface area contributed by atoms with E-state index in [9.17, 15) is 9.59 Å². The molecule has 1 heterocycles. The average molecular weight is 494 g/mol. The first-order valence-electron chi connectivity index (χ1n) is 10.8. The fraction of sp³-hybridized carbons (Fsp3) is 0.192. The highest BCUT2D eigenvalue weighted by Gasteiger charge is 2.15. The van der Waals surface area contributed by atoms with Gasteiger partial charge in [0, 0.05) is 11.6 Å². The molecule has 0 aliphatic heterocycles. The van der Waals surface area contributed by atoms with Crippen molar-refractivity contribution in [3.05, 3.63) is 93.2 Å². The summed E-state index contributed by atoms with van der Waals surface area (Å²) in [4.78, 5) is 30.5. The average Bonchev–Trinajstić information content (AvgIpc) is 2.83. The van der Waals surface area contributed by atoms with E-state index in [4.69, 9.17) is 16.3 Å². The zero-order valence-electron chi connectivity index (χ0n) is 18.9. The molecule has 0 saturated heterocycles. The van der Waals surface area contributed by atoms with E-state index in [-0.39, 0.29) is 17.2 Å². The number of carbonyl (C=O) groups is 1. The van der Waals surface area contributed by atoms with Gasteiger partial charge in [-0.3, -0.25) is 14.2 Å². The van der Waals surface area contributed by atoms with Gasteiger partial charge >= 0.3 is 0 Å². The first-order chi connectivity index (χ1) is 16.4. The number of rotatable bonds is 8. The number of nitrogens with zero attached hydrogens (tertiary/aromatic N) is 2. The zero-order chi connectivity index (χ0) is 24.1. The Morgan fingerprint density at radius 1 is 1.12 bits per heavy atom. The van der Waals surface area contributed by atoms with Crippen LogP contribution < -0.4 is 15.6 Å². The number of halogens is 1. The number of amides is 1. The number of methoxy groups -OCH3 is 1. The summed E-state index contributed by atoms with van der Waals surface area (Å²) in [5, 5.41) is 4.34. The smallest absolute Gasteiger partial charge is 0.266 e. The van der Waals surface area contributed by atoms with Crippen molar-refractivity contribution < 1.29 is 9.53 Å². The second-order valence-electron chi connectivity index (χ2n) is 7.77. The number of fused-ring (bicyclic) bond motifs is 1. The maximum Gasteiger partial charge on any atom is 0.266 e. The molecule has 0 saturated carbocycles. The van der Waals surface area contributed by atoms with Gasteiger partial charge in [-0.05, 0) is 66.9 Å². The van der Waals surface area contributed by atoms with E-state index >= 15 is 0 Å². The predicted molar refractivity (Wildman–Crippen MR) is 138 cm³/mol. The van der Waals surface area contributed by atoms with Gasteiger partial charge in [-0.15, -0.1) is 0 Å². The van der Waals surface area contributed by atoms with E-state index in [0.29, 0.717) is 39.7 Å². The first-order valence-corrected chi connectivity index (χ1v) is 12.1. The molecule has 174 valence electrons. The molecule has 0 radical (unpaired) electrons. The summed E-state index contributed by atoms with van der Waals surface area (Å²) >= 11 is 7.35. The number of nitrogens with one attached hydrogen (secondary N) is 1. The molecule has 1 amide bonds. The van der Waals surface area contributed by atoms with E-state index < -0.39 is 0 Å². The second kappa shape index (κ2) is 10.8. The number of thioether (sulfide) groups is 1. The van der Waals surface area contributed by atoms with Gasteiger partial charge < -0.3 is 10.1 Å². The summed E-state index contributed by atoms with van der Waals surface area (Å²) in [6.45, 7) is 2.48. The molecule has 3 aromatic carbocycles. The van der Waals surface area contributed by atoms with Crippen LogP contribution in [0, 0.1) is 6.92 Å². The van der Waals surface area contributed by atoms with Gasteiger partial charge in [0.05, 0.1) is 29.5 Å². The van der Waals surface area contributed by atoms with E-state index in [1.54, 1.807) is 29.9 Å². The minimum atomic E-state index is -0.199. The van der Waals surface area contributed by atoms with Crippen molar-refractivity contribution in [2.24, 2.45) is 0 Å². The molecule has 4 aromatic rings. The van der Waals surface area contributed by atoms with Gasteiger partial charge in [0.15, 0.2) is 5.16 Å². The number of ether oxygens (including phenoxy) is 1. The summed E-state index contributed by atoms with van der Waals surface area (Å²) in [6, 6.07) is 20.4. The van der Waals surface area contributed by atoms with Crippen molar-refractivity contribution in [3.63, 3.8) is 0 Å². The molecule has 0 atom stereocenters. The van der Waals surface area contributed by atoms with Gasteiger partial charge in [-0.1, -0.05) is 47.6 Å². The number of aryl methyl sites for hydroxylation is 1. The van der Waals surface area contributed by atoms with E-state index in [1.807, 2.05) is 55.5 Å². The molecule has 0 aliphatic carbocycles. The molecule has 4 rings (SSSR count). The molecule has 0 fully saturated rings. The lowest BCUT2D eigenvalue weighted by molar-refractivity contribution is -0.118. The van der Waals surface area contributed by atoms with Crippen LogP contribution >= 0.6 is 23.4 Å². The minimum absolute atomic E-state index is 0.130. The summed E-state index contributed by atoms with van der Waals surface area (Å²) in [5.41, 5.74) is 3.14. The Hall–Kier alpha value is -3.29. The Labute approximate surface area is 206 Å². The third kappa shape index (κ3) is 5.61. The third-order valence-corrected chi connectivity index (χ3v) is 6.46. The fourth-order valence-corrected chi connectivity index (χ4v) is 4.56. The van der Waals surface area contributed by atoms with Gasteiger partial charge in [0.25, 0.3) is 5.56 Å². The van der Waals surface area contributed by atoms with E-state index in [0.717, 1.165) is 16.9 Å². The zero-order valence-corrected chi connectivity index (χ0v) is 20.4. The first kappa shape index (κ1) is 23.9. The highest BCUT2D eigenvalue weighted by molar-refractivity contribution is 7.99. The van der Waals surface area contributed by atoms with Crippen LogP contribution in [0.2, 0.25) is 5.02 Å². The van der Waals surface area contributed by atoms with Crippen LogP contribution in [-0.2, 0) is 11.2 Å². The van der Waals surface area contributed by atoms with Crippen molar-refractivity contribution in [1.29, 1.82) is 0 Å². The van der Waals surface area contributed by atoms with Crippen LogP contribution in [0.1, 0.15) is 11.1 Å². The number of benzene rings is 3. The van der Waals surface area contributed by atoms with Gasteiger partial charge in [0.2, 0.25) is 5.91 Å². The molecule has 8 heteroatoms. The van der Waals surface area contributed by atoms with Crippen LogP contribution in [0.15, 0.2) is 76.7 Å². The minimum Gasteiger partial charge on any atom is -0.497 e. The van der Waals surface area contributed by atoms with Crippen LogP contribution in [0.25, 0.3) is 16.6 Å². The Balaban J connectivity index is 1.51. The maximum absolute atomic E-state index is 13.3. The highest BCUT2D eigenvalue weighted by atomic mass is 35.5. The monoisotopic (exact) mass is 493 g/mol. The van der Waals surface area contributed by atoms with Crippen molar-refractivity contribution in [1.82, 2.24) is 14.9 Å². The highest BCUT2D eigenvalue weighted by Crippen LogP contribution is 2.23. The standard InChI is InChI=1S/C26H24ClN3O3S/c1-17-4-3-5-20(14-17)30-25(32)22-11-8-19(27)15-23(22)29-26(30)34-16-24(31)28-13-12-18-6-9-21(33-2)10-7-18/h3-11,14-15H,12-13,16H2,1-2H3,(H,28,31). The lowest BCUT2D eigenvalue weighted by atomic mass is 10.1. The molecule has 34 heavy (non-hydrogen) atoms. The molecule has 0 aliphatic rings. The van der Waals surface area contributed by atoms with Crippen LogP contribution in [0.3, 0.4) is 0 Å². The van der Waals surface area contributed by atoms with Crippen molar-refractivity contribution in [2.45, 2.75) is 18.5 Å². The normalized spacial score (nSPS) is 10.9. The maximum atomic E-state index is 13.3. The van der Waals surface area contributed by atoms with Gasteiger partial charge in [-0.25, -0.2) is 4.98 Å². The van der Waals surface area contributed by atoms with Crippen molar-refractivity contribution in [3.8, 4) is 11.4 Å². The van der Waals surface area contributed by atoms with E-state index in [1.165, 1.54) is 11.8 Å². The Kier molecular flexibility index (Phi) is 7.55.